The van der Waals surface area contributed by atoms with E-state index in [4.69, 9.17) is 10.5 Å². The number of nitrogens with one attached hydrogen (secondary N) is 1. The van der Waals surface area contributed by atoms with E-state index in [0.29, 0.717) is 17.9 Å². The standard InChI is InChI=1S/C16H25N3O2/c1-3-19(13-6-7-13)10-9-18-15-11-12(5-8-14(15)17)16(20)21-4-2/h5,8,11,13,18H,3-4,6-7,9-10,17H2,1-2H3. The second kappa shape index (κ2) is 7.31. The Morgan fingerprint density at radius 1 is 1.43 bits per heavy atom. The number of rotatable bonds is 8. The number of anilines is 2. The lowest BCUT2D eigenvalue weighted by molar-refractivity contribution is 0.0526. The van der Waals surface area contributed by atoms with Gasteiger partial charge in [0.15, 0.2) is 0 Å². The Morgan fingerprint density at radius 2 is 2.19 bits per heavy atom. The first-order valence-corrected chi connectivity index (χ1v) is 7.70. The molecule has 1 aliphatic rings. The van der Waals surface area contributed by atoms with Crippen molar-refractivity contribution in [1.29, 1.82) is 0 Å². The average molecular weight is 291 g/mol. The van der Waals surface area contributed by atoms with Gasteiger partial charge in [-0.15, -0.1) is 0 Å². The monoisotopic (exact) mass is 291 g/mol. The van der Waals surface area contributed by atoms with E-state index >= 15 is 0 Å². The predicted octanol–water partition coefficient (Wildman–Crippen LogP) is 2.34. The molecule has 3 N–H and O–H groups in total. The van der Waals surface area contributed by atoms with Gasteiger partial charge in [0.2, 0.25) is 0 Å². The van der Waals surface area contributed by atoms with E-state index in [1.54, 1.807) is 25.1 Å². The van der Waals surface area contributed by atoms with Crippen molar-refractivity contribution in [2.45, 2.75) is 32.7 Å². The zero-order chi connectivity index (χ0) is 15.2. The maximum Gasteiger partial charge on any atom is 0.338 e. The number of nitrogen functional groups attached to an aromatic ring is 1. The molecule has 1 aliphatic carbocycles. The molecule has 21 heavy (non-hydrogen) atoms. The van der Waals surface area contributed by atoms with E-state index in [9.17, 15) is 4.79 Å². The highest BCUT2D eigenvalue weighted by atomic mass is 16.5. The van der Waals surface area contributed by atoms with Gasteiger partial charge in [-0.05, 0) is 44.5 Å². The number of nitrogens with zero attached hydrogens (tertiary/aromatic N) is 1. The van der Waals surface area contributed by atoms with E-state index in [0.717, 1.165) is 31.4 Å². The minimum atomic E-state index is -0.311. The quantitative estimate of drug-likeness (QED) is 0.568. The van der Waals surface area contributed by atoms with E-state index in [1.807, 2.05) is 0 Å². The Labute approximate surface area is 126 Å². The van der Waals surface area contributed by atoms with Crippen LogP contribution in [0.4, 0.5) is 11.4 Å². The summed E-state index contributed by atoms with van der Waals surface area (Å²) in [5.74, 6) is -0.311. The normalized spacial score (nSPS) is 14.2. The van der Waals surface area contributed by atoms with Crippen molar-refractivity contribution in [1.82, 2.24) is 4.90 Å². The Kier molecular flexibility index (Phi) is 5.44. The number of esters is 1. The number of carbonyl (C=O) groups excluding carboxylic acids is 1. The fourth-order valence-electron chi connectivity index (χ4n) is 2.42. The molecule has 0 aromatic heterocycles. The number of ether oxygens (including phenoxy) is 1. The summed E-state index contributed by atoms with van der Waals surface area (Å²) < 4.78 is 5.01. The highest BCUT2D eigenvalue weighted by Crippen LogP contribution is 2.26. The smallest absolute Gasteiger partial charge is 0.338 e. The van der Waals surface area contributed by atoms with Gasteiger partial charge < -0.3 is 15.8 Å². The van der Waals surface area contributed by atoms with Gasteiger partial charge in [0, 0.05) is 19.1 Å². The van der Waals surface area contributed by atoms with Crippen molar-refractivity contribution in [3.8, 4) is 0 Å². The molecule has 0 atom stereocenters. The first-order valence-electron chi connectivity index (χ1n) is 7.70. The molecule has 0 spiro atoms. The molecule has 0 bridgehead atoms. The van der Waals surface area contributed by atoms with Gasteiger partial charge in [-0.2, -0.15) is 0 Å². The third kappa shape index (κ3) is 4.36. The van der Waals surface area contributed by atoms with Gasteiger partial charge in [0.1, 0.15) is 0 Å². The van der Waals surface area contributed by atoms with E-state index < -0.39 is 0 Å². The van der Waals surface area contributed by atoms with Gasteiger partial charge in [-0.1, -0.05) is 6.92 Å². The number of carbonyl (C=O) groups is 1. The van der Waals surface area contributed by atoms with Gasteiger partial charge in [-0.3, -0.25) is 4.90 Å². The van der Waals surface area contributed by atoms with Crippen LogP contribution in [0.1, 0.15) is 37.0 Å². The first kappa shape index (κ1) is 15.6. The lowest BCUT2D eigenvalue weighted by Gasteiger charge is -2.20. The van der Waals surface area contributed by atoms with Crippen molar-refractivity contribution in [2.75, 3.05) is 37.3 Å². The maximum absolute atomic E-state index is 11.7. The summed E-state index contributed by atoms with van der Waals surface area (Å²) in [7, 11) is 0. The molecule has 5 nitrogen and oxygen atoms in total. The molecule has 0 saturated heterocycles. The molecule has 0 radical (unpaired) electrons. The minimum absolute atomic E-state index is 0.311. The molecule has 5 heteroatoms. The molecule has 1 fully saturated rings. The lowest BCUT2D eigenvalue weighted by atomic mass is 10.1. The van der Waals surface area contributed by atoms with Crippen LogP contribution in [0.3, 0.4) is 0 Å². The van der Waals surface area contributed by atoms with Crippen molar-refractivity contribution in [2.24, 2.45) is 0 Å². The van der Waals surface area contributed by atoms with Crippen LogP contribution in [-0.4, -0.2) is 43.2 Å². The van der Waals surface area contributed by atoms with Gasteiger partial charge in [0.25, 0.3) is 0 Å². The summed E-state index contributed by atoms with van der Waals surface area (Å²) >= 11 is 0. The van der Waals surface area contributed by atoms with Crippen molar-refractivity contribution < 1.29 is 9.53 Å². The zero-order valence-corrected chi connectivity index (χ0v) is 12.9. The molecular formula is C16H25N3O2. The number of likely N-dealkylation sites (N-methyl/N-ethyl adjacent to an activating group) is 1. The summed E-state index contributed by atoms with van der Waals surface area (Å²) in [6.07, 6.45) is 2.63. The van der Waals surface area contributed by atoms with E-state index in [2.05, 4.69) is 17.1 Å². The highest BCUT2D eigenvalue weighted by Gasteiger charge is 2.27. The molecule has 2 rings (SSSR count). The molecule has 0 aliphatic heterocycles. The third-order valence-electron chi connectivity index (χ3n) is 3.75. The molecule has 1 saturated carbocycles. The van der Waals surface area contributed by atoms with Crippen LogP contribution in [0.2, 0.25) is 0 Å². The SMILES string of the molecule is CCOC(=O)c1ccc(N)c(NCCN(CC)C2CC2)c1. The van der Waals surface area contributed by atoms with E-state index in [1.165, 1.54) is 12.8 Å². The minimum Gasteiger partial charge on any atom is -0.462 e. The Morgan fingerprint density at radius 3 is 2.81 bits per heavy atom. The third-order valence-corrected chi connectivity index (χ3v) is 3.75. The van der Waals surface area contributed by atoms with Crippen LogP contribution >= 0.6 is 0 Å². The summed E-state index contributed by atoms with van der Waals surface area (Å²) in [6, 6.07) is 5.97. The summed E-state index contributed by atoms with van der Waals surface area (Å²) in [5.41, 5.74) is 7.94. The topological polar surface area (TPSA) is 67.6 Å². The lowest BCUT2D eigenvalue weighted by Crippen LogP contribution is -2.31. The second-order valence-corrected chi connectivity index (χ2v) is 5.31. The second-order valence-electron chi connectivity index (χ2n) is 5.31. The van der Waals surface area contributed by atoms with Crippen LogP contribution in [0.15, 0.2) is 18.2 Å². The van der Waals surface area contributed by atoms with Crippen LogP contribution in [0, 0.1) is 0 Å². The molecule has 0 heterocycles. The van der Waals surface area contributed by atoms with Crippen LogP contribution < -0.4 is 11.1 Å². The Hall–Kier alpha value is -1.75. The number of benzene rings is 1. The molecular weight excluding hydrogens is 266 g/mol. The number of nitrogens with two attached hydrogens (primary N) is 1. The van der Waals surface area contributed by atoms with Crippen LogP contribution in [0.25, 0.3) is 0 Å². The van der Waals surface area contributed by atoms with Gasteiger partial charge in [0.05, 0.1) is 23.5 Å². The van der Waals surface area contributed by atoms with Gasteiger partial charge in [-0.25, -0.2) is 4.79 Å². The van der Waals surface area contributed by atoms with E-state index in [-0.39, 0.29) is 5.97 Å². The summed E-state index contributed by atoms with van der Waals surface area (Å²) in [6.45, 7) is 7.24. The van der Waals surface area contributed by atoms with Crippen molar-refractivity contribution in [3.63, 3.8) is 0 Å². The largest absolute Gasteiger partial charge is 0.462 e. The predicted molar refractivity (Wildman–Crippen MR) is 85.6 cm³/mol. The van der Waals surface area contributed by atoms with Gasteiger partial charge >= 0.3 is 5.97 Å². The van der Waals surface area contributed by atoms with Crippen LogP contribution in [-0.2, 0) is 4.74 Å². The molecule has 1 aromatic rings. The van der Waals surface area contributed by atoms with Crippen molar-refractivity contribution in [3.05, 3.63) is 23.8 Å². The zero-order valence-electron chi connectivity index (χ0n) is 12.9. The average Bonchev–Trinajstić information content (AvgIpc) is 3.30. The molecule has 1 aromatic carbocycles. The highest BCUT2D eigenvalue weighted by molar-refractivity contribution is 5.92. The summed E-state index contributed by atoms with van der Waals surface area (Å²) in [4.78, 5) is 14.2. The maximum atomic E-state index is 11.7. The first-order chi connectivity index (χ1) is 10.2. The van der Waals surface area contributed by atoms with Crippen molar-refractivity contribution >= 4 is 17.3 Å². The molecule has 0 amide bonds. The number of hydrogen-bond donors (Lipinski definition) is 2. The summed E-state index contributed by atoms with van der Waals surface area (Å²) in [5, 5.41) is 3.32. The number of hydrogen-bond acceptors (Lipinski definition) is 5. The Balaban J connectivity index is 1.92. The fourth-order valence-corrected chi connectivity index (χ4v) is 2.42. The molecule has 116 valence electrons. The fraction of sp³-hybridized carbons (Fsp3) is 0.562. The van der Waals surface area contributed by atoms with Crippen LogP contribution in [0.5, 0.6) is 0 Å². The molecule has 0 unspecified atom stereocenters. The Bertz CT molecular complexity index is 486.